The number of carbonyl (C=O) groups is 1. The summed E-state index contributed by atoms with van der Waals surface area (Å²) in [7, 11) is 0. The molecule has 7 heteroatoms. The van der Waals surface area contributed by atoms with Gasteiger partial charge in [0.1, 0.15) is 18.1 Å². The average Bonchev–Trinajstić information content (AvgIpc) is 2.81. The summed E-state index contributed by atoms with van der Waals surface area (Å²) >= 11 is 0. The van der Waals surface area contributed by atoms with Gasteiger partial charge in [-0.1, -0.05) is 12.1 Å². The lowest BCUT2D eigenvalue weighted by Gasteiger charge is -2.17. The number of aromatic nitrogens is 2. The molecule has 32 heavy (non-hydrogen) atoms. The zero-order valence-electron chi connectivity index (χ0n) is 18.9. The van der Waals surface area contributed by atoms with E-state index < -0.39 is 6.10 Å². The van der Waals surface area contributed by atoms with Gasteiger partial charge in [-0.15, -0.1) is 10.2 Å². The smallest absolute Gasteiger partial charge is 0.260 e. The van der Waals surface area contributed by atoms with Crippen molar-refractivity contribution in [2.75, 3.05) is 19.8 Å². The van der Waals surface area contributed by atoms with Crippen molar-refractivity contribution >= 4 is 5.91 Å². The molecular formula is C25H29N3O4. The third-order valence-electron chi connectivity index (χ3n) is 4.98. The molecule has 168 valence electrons. The summed E-state index contributed by atoms with van der Waals surface area (Å²) in [6.07, 6.45) is -0.608. The Morgan fingerprint density at radius 2 is 1.78 bits per heavy atom. The fraction of sp³-hybridized carbons (Fsp3) is 0.320. The summed E-state index contributed by atoms with van der Waals surface area (Å²) in [5.74, 6) is 1.73. The largest absolute Gasteiger partial charge is 0.494 e. The third kappa shape index (κ3) is 6.20. The van der Waals surface area contributed by atoms with Crippen LogP contribution in [-0.4, -0.2) is 42.0 Å². The highest BCUT2D eigenvalue weighted by Crippen LogP contribution is 2.22. The number of rotatable bonds is 10. The van der Waals surface area contributed by atoms with Crippen LogP contribution in [0.2, 0.25) is 0 Å². The zero-order valence-corrected chi connectivity index (χ0v) is 18.9. The molecule has 0 aliphatic heterocycles. The fourth-order valence-corrected chi connectivity index (χ4v) is 3.01. The van der Waals surface area contributed by atoms with E-state index in [9.17, 15) is 4.79 Å². The molecule has 0 aliphatic rings. The molecule has 0 saturated carbocycles. The number of amides is 1. The van der Waals surface area contributed by atoms with Crippen molar-refractivity contribution in [1.29, 1.82) is 0 Å². The van der Waals surface area contributed by atoms with Crippen molar-refractivity contribution in [2.24, 2.45) is 0 Å². The van der Waals surface area contributed by atoms with Crippen LogP contribution in [0.4, 0.5) is 0 Å². The van der Waals surface area contributed by atoms with E-state index in [0.717, 1.165) is 28.1 Å². The molecule has 0 radical (unpaired) electrons. The third-order valence-corrected chi connectivity index (χ3v) is 4.98. The Kier molecular flexibility index (Phi) is 8.02. The standard InChI is InChI=1S/C25H29N3O4/c1-5-30-21-11-9-20(10-12-21)22-13-14-24(28-27-22)31-16-15-26-25(29)19(4)32-23-8-6-7-17(2)18(23)3/h6-14,19H,5,15-16H2,1-4H3,(H,26,29). The molecule has 1 aromatic heterocycles. The van der Waals surface area contributed by atoms with Crippen molar-refractivity contribution in [3.05, 3.63) is 65.7 Å². The molecule has 0 spiro atoms. The van der Waals surface area contributed by atoms with Crippen LogP contribution in [0.1, 0.15) is 25.0 Å². The van der Waals surface area contributed by atoms with E-state index in [-0.39, 0.29) is 12.5 Å². The second kappa shape index (κ2) is 11.1. The minimum Gasteiger partial charge on any atom is -0.494 e. The molecule has 1 N–H and O–H groups in total. The molecular weight excluding hydrogens is 406 g/mol. The Balaban J connectivity index is 1.43. The summed E-state index contributed by atoms with van der Waals surface area (Å²) in [5.41, 5.74) is 3.84. The maximum absolute atomic E-state index is 12.3. The highest BCUT2D eigenvalue weighted by molar-refractivity contribution is 5.80. The quantitative estimate of drug-likeness (QED) is 0.483. The summed E-state index contributed by atoms with van der Waals surface area (Å²) < 4.78 is 16.8. The summed E-state index contributed by atoms with van der Waals surface area (Å²) in [6.45, 7) is 8.90. The van der Waals surface area contributed by atoms with Gasteiger partial charge in [-0.05, 0) is 75.2 Å². The van der Waals surface area contributed by atoms with Crippen LogP contribution >= 0.6 is 0 Å². The summed E-state index contributed by atoms with van der Waals surface area (Å²) in [5, 5.41) is 11.1. The average molecular weight is 436 g/mol. The van der Waals surface area contributed by atoms with Crippen LogP contribution in [-0.2, 0) is 4.79 Å². The molecule has 0 aliphatic carbocycles. The first kappa shape index (κ1) is 23.1. The zero-order chi connectivity index (χ0) is 22.9. The maximum Gasteiger partial charge on any atom is 0.260 e. The van der Waals surface area contributed by atoms with E-state index in [0.29, 0.717) is 24.8 Å². The molecule has 2 aromatic carbocycles. The van der Waals surface area contributed by atoms with E-state index in [1.54, 1.807) is 13.0 Å². The Hall–Kier alpha value is -3.61. The molecule has 0 saturated heterocycles. The van der Waals surface area contributed by atoms with Crippen LogP contribution in [0.3, 0.4) is 0 Å². The van der Waals surface area contributed by atoms with E-state index in [1.165, 1.54) is 0 Å². The first-order valence-corrected chi connectivity index (χ1v) is 10.7. The van der Waals surface area contributed by atoms with Gasteiger partial charge < -0.3 is 19.5 Å². The number of nitrogens with one attached hydrogen (secondary N) is 1. The molecule has 0 bridgehead atoms. The fourth-order valence-electron chi connectivity index (χ4n) is 3.01. The van der Waals surface area contributed by atoms with Gasteiger partial charge in [0.05, 0.1) is 18.8 Å². The minimum atomic E-state index is -0.608. The first-order valence-electron chi connectivity index (χ1n) is 10.7. The Labute approximate surface area is 188 Å². The molecule has 0 fully saturated rings. The Morgan fingerprint density at radius 3 is 2.47 bits per heavy atom. The molecule has 3 rings (SSSR count). The Bertz CT molecular complexity index is 1020. The second-order valence-electron chi connectivity index (χ2n) is 7.31. The van der Waals surface area contributed by atoms with Gasteiger partial charge in [0, 0.05) is 11.6 Å². The summed E-state index contributed by atoms with van der Waals surface area (Å²) in [4.78, 5) is 12.3. The van der Waals surface area contributed by atoms with Crippen molar-refractivity contribution in [1.82, 2.24) is 15.5 Å². The van der Waals surface area contributed by atoms with E-state index >= 15 is 0 Å². The summed E-state index contributed by atoms with van der Waals surface area (Å²) in [6, 6.07) is 17.1. The number of carbonyl (C=O) groups excluding carboxylic acids is 1. The lowest BCUT2D eigenvalue weighted by Crippen LogP contribution is -2.38. The topological polar surface area (TPSA) is 82.6 Å². The number of hydrogen-bond donors (Lipinski definition) is 1. The van der Waals surface area contributed by atoms with Crippen LogP contribution < -0.4 is 19.5 Å². The first-order chi connectivity index (χ1) is 15.5. The van der Waals surface area contributed by atoms with Crippen molar-refractivity contribution in [2.45, 2.75) is 33.8 Å². The van der Waals surface area contributed by atoms with Crippen molar-refractivity contribution in [3.8, 4) is 28.6 Å². The molecule has 3 aromatic rings. The molecule has 1 heterocycles. The van der Waals surface area contributed by atoms with Crippen LogP contribution in [0.5, 0.6) is 17.4 Å². The minimum absolute atomic E-state index is 0.202. The van der Waals surface area contributed by atoms with Gasteiger partial charge in [-0.25, -0.2) is 0 Å². The number of aryl methyl sites for hydroxylation is 1. The van der Waals surface area contributed by atoms with Crippen LogP contribution in [0, 0.1) is 13.8 Å². The number of ether oxygens (including phenoxy) is 3. The van der Waals surface area contributed by atoms with Gasteiger partial charge in [0.15, 0.2) is 6.10 Å². The van der Waals surface area contributed by atoms with Gasteiger partial charge in [-0.2, -0.15) is 0 Å². The van der Waals surface area contributed by atoms with E-state index in [2.05, 4.69) is 15.5 Å². The second-order valence-corrected chi connectivity index (χ2v) is 7.31. The van der Waals surface area contributed by atoms with Gasteiger partial charge in [0.25, 0.3) is 5.91 Å². The predicted molar refractivity (Wildman–Crippen MR) is 123 cm³/mol. The lowest BCUT2D eigenvalue weighted by molar-refractivity contribution is -0.127. The number of hydrogen-bond acceptors (Lipinski definition) is 6. The highest BCUT2D eigenvalue weighted by atomic mass is 16.5. The van der Waals surface area contributed by atoms with Gasteiger partial charge in [0.2, 0.25) is 5.88 Å². The van der Waals surface area contributed by atoms with Crippen molar-refractivity contribution in [3.63, 3.8) is 0 Å². The van der Waals surface area contributed by atoms with Gasteiger partial charge in [-0.3, -0.25) is 4.79 Å². The molecule has 1 amide bonds. The SMILES string of the molecule is CCOc1ccc(-c2ccc(OCCNC(=O)C(C)Oc3cccc(C)c3C)nn2)cc1. The molecule has 1 atom stereocenters. The van der Waals surface area contributed by atoms with E-state index in [1.807, 2.05) is 69.3 Å². The van der Waals surface area contributed by atoms with Gasteiger partial charge >= 0.3 is 0 Å². The normalized spacial score (nSPS) is 11.5. The van der Waals surface area contributed by atoms with E-state index in [4.69, 9.17) is 14.2 Å². The van der Waals surface area contributed by atoms with Crippen LogP contribution in [0.15, 0.2) is 54.6 Å². The molecule has 1 unspecified atom stereocenters. The number of benzene rings is 2. The highest BCUT2D eigenvalue weighted by Gasteiger charge is 2.15. The van der Waals surface area contributed by atoms with Crippen molar-refractivity contribution < 1.29 is 19.0 Å². The molecule has 7 nitrogen and oxygen atoms in total. The van der Waals surface area contributed by atoms with Crippen LogP contribution in [0.25, 0.3) is 11.3 Å². The maximum atomic E-state index is 12.3. The monoisotopic (exact) mass is 435 g/mol. The predicted octanol–water partition coefficient (Wildman–Crippen LogP) is 4.12. The number of nitrogens with zero attached hydrogens (tertiary/aromatic N) is 2. The Morgan fingerprint density at radius 1 is 1.00 bits per heavy atom. The lowest BCUT2D eigenvalue weighted by atomic mass is 10.1.